The number of rotatable bonds is 5. The fourth-order valence-electron chi connectivity index (χ4n) is 4.19. The first-order valence-electron chi connectivity index (χ1n) is 10.4. The summed E-state index contributed by atoms with van der Waals surface area (Å²) in [5.41, 5.74) is 7.06. The summed E-state index contributed by atoms with van der Waals surface area (Å²) in [4.78, 5) is 10.8. The first kappa shape index (κ1) is 18.4. The van der Waals surface area contributed by atoms with Gasteiger partial charge in [0.05, 0.1) is 17.4 Å². The number of aromatic amines is 3. The summed E-state index contributed by atoms with van der Waals surface area (Å²) in [7, 11) is 0. The molecule has 3 aromatic heterocycles. The topological polar surface area (TPSA) is 89.3 Å². The number of H-pyrrole nitrogens is 3. The normalized spacial score (nSPS) is 15.1. The Hall–Kier alpha value is -3.61. The minimum absolute atomic E-state index is 0.769. The van der Waals surface area contributed by atoms with Crippen LogP contribution in [0.2, 0.25) is 0 Å². The molecule has 3 N–H and O–H groups in total. The van der Waals surface area contributed by atoms with Gasteiger partial charge in [-0.3, -0.25) is 10.2 Å². The van der Waals surface area contributed by atoms with Crippen LogP contribution in [0.1, 0.15) is 30.7 Å². The van der Waals surface area contributed by atoms with Gasteiger partial charge in [-0.05, 0) is 50.0 Å². The van der Waals surface area contributed by atoms with Crippen LogP contribution >= 0.6 is 0 Å². The molecule has 0 radical (unpaired) electrons. The van der Waals surface area contributed by atoms with E-state index in [2.05, 4.69) is 62.0 Å². The molecule has 7 heteroatoms. The number of aryl methyl sites for hydroxylation is 1. The second kappa shape index (κ2) is 7.67. The monoisotopic (exact) mass is 399 g/mol. The van der Waals surface area contributed by atoms with Crippen LogP contribution < -0.4 is 0 Å². The van der Waals surface area contributed by atoms with Crippen LogP contribution in [-0.4, -0.2) is 48.4 Å². The van der Waals surface area contributed by atoms with Crippen molar-refractivity contribution in [3.8, 4) is 22.6 Å². The molecule has 0 spiro atoms. The van der Waals surface area contributed by atoms with Gasteiger partial charge in [-0.1, -0.05) is 18.7 Å². The minimum Gasteiger partial charge on any atom is -0.370 e. The molecule has 0 saturated carbocycles. The number of hydrogen-bond acceptors (Lipinski definition) is 4. The van der Waals surface area contributed by atoms with E-state index in [0.29, 0.717) is 0 Å². The lowest BCUT2D eigenvalue weighted by Gasteiger charge is -2.30. The summed E-state index contributed by atoms with van der Waals surface area (Å²) in [6.45, 7) is 8.10. The van der Waals surface area contributed by atoms with E-state index in [4.69, 9.17) is 4.98 Å². The molecule has 5 rings (SSSR count). The second-order valence-corrected chi connectivity index (χ2v) is 7.71. The van der Waals surface area contributed by atoms with Gasteiger partial charge in [0.2, 0.25) is 0 Å². The predicted octanol–water partition coefficient (Wildman–Crippen LogP) is 4.66. The molecular formula is C23H25N7. The first-order chi connectivity index (χ1) is 14.7. The van der Waals surface area contributed by atoms with E-state index in [1.165, 1.54) is 19.3 Å². The molecule has 30 heavy (non-hydrogen) atoms. The van der Waals surface area contributed by atoms with Gasteiger partial charge in [-0.15, -0.1) is 0 Å². The Kier molecular flexibility index (Phi) is 4.71. The SMILES string of the molecule is C=C/C=C(\c1nc(-c2n[nH]c3ccc(-c4cn[nH]c4)cc23)[nH]c1C)N1CCCCC1. The molecule has 0 amide bonds. The lowest BCUT2D eigenvalue weighted by atomic mass is 10.1. The van der Waals surface area contributed by atoms with Gasteiger partial charge in [-0.2, -0.15) is 10.2 Å². The Bertz CT molecular complexity index is 1200. The largest absolute Gasteiger partial charge is 0.370 e. The van der Waals surface area contributed by atoms with Crippen LogP contribution in [0, 0.1) is 6.92 Å². The van der Waals surface area contributed by atoms with Crippen molar-refractivity contribution in [1.82, 2.24) is 35.3 Å². The van der Waals surface area contributed by atoms with Crippen LogP contribution in [0.5, 0.6) is 0 Å². The van der Waals surface area contributed by atoms with Crippen LogP contribution in [0.15, 0.2) is 49.3 Å². The standard InChI is InChI=1S/C23H25N7/c1-3-7-20(30-10-5-4-6-11-30)21-15(2)26-23(27-21)22-18-12-16(17-13-24-25-14-17)8-9-19(18)28-29-22/h3,7-9,12-14H,1,4-6,10-11H2,2H3,(H,24,25)(H,26,27)(H,28,29)/b20-7+. The van der Waals surface area contributed by atoms with Crippen molar-refractivity contribution in [3.05, 3.63) is 60.7 Å². The van der Waals surface area contributed by atoms with Crippen LogP contribution in [0.4, 0.5) is 0 Å². The number of nitrogens with zero attached hydrogens (tertiary/aromatic N) is 4. The maximum atomic E-state index is 4.97. The van der Waals surface area contributed by atoms with Gasteiger partial charge >= 0.3 is 0 Å². The summed E-state index contributed by atoms with van der Waals surface area (Å²) >= 11 is 0. The average molecular weight is 400 g/mol. The molecule has 0 bridgehead atoms. The second-order valence-electron chi connectivity index (χ2n) is 7.71. The van der Waals surface area contributed by atoms with Crippen molar-refractivity contribution < 1.29 is 0 Å². The first-order valence-corrected chi connectivity index (χ1v) is 10.4. The smallest absolute Gasteiger partial charge is 0.159 e. The van der Waals surface area contributed by atoms with Gasteiger partial charge in [0, 0.05) is 35.9 Å². The highest BCUT2D eigenvalue weighted by Gasteiger charge is 2.21. The predicted molar refractivity (Wildman–Crippen MR) is 120 cm³/mol. The summed E-state index contributed by atoms with van der Waals surface area (Å²) in [5, 5.41) is 15.7. The number of benzene rings is 1. The molecular weight excluding hydrogens is 374 g/mol. The molecule has 7 nitrogen and oxygen atoms in total. The number of nitrogens with one attached hydrogen (secondary N) is 3. The molecule has 1 aromatic carbocycles. The fourth-order valence-corrected chi connectivity index (χ4v) is 4.19. The maximum absolute atomic E-state index is 4.97. The summed E-state index contributed by atoms with van der Waals surface area (Å²) in [6, 6.07) is 6.23. The Labute approximate surface area is 174 Å². The molecule has 152 valence electrons. The van der Waals surface area contributed by atoms with E-state index in [0.717, 1.165) is 63.7 Å². The lowest BCUT2D eigenvalue weighted by Crippen LogP contribution is -2.28. The highest BCUT2D eigenvalue weighted by atomic mass is 15.2. The van der Waals surface area contributed by atoms with Crippen molar-refractivity contribution in [2.75, 3.05) is 13.1 Å². The van der Waals surface area contributed by atoms with Crippen LogP contribution in [0.3, 0.4) is 0 Å². The van der Waals surface area contributed by atoms with Gasteiger partial charge in [0.15, 0.2) is 5.82 Å². The van der Waals surface area contributed by atoms with Crippen molar-refractivity contribution in [3.63, 3.8) is 0 Å². The molecule has 1 saturated heterocycles. The fraction of sp³-hybridized carbons (Fsp3) is 0.261. The van der Waals surface area contributed by atoms with E-state index in [1.54, 1.807) is 0 Å². The third-order valence-corrected chi connectivity index (χ3v) is 5.72. The van der Waals surface area contributed by atoms with Crippen LogP contribution in [0.25, 0.3) is 39.2 Å². The van der Waals surface area contributed by atoms with Gasteiger partial charge in [0.1, 0.15) is 11.4 Å². The molecule has 0 unspecified atom stereocenters. The molecule has 1 aliphatic rings. The van der Waals surface area contributed by atoms with Crippen molar-refractivity contribution in [2.24, 2.45) is 0 Å². The molecule has 1 fully saturated rings. The molecule has 4 heterocycles. The zero-order valence-electron chi connectivity index (χ0n) is 17.1. The van der Waals surface area contributed by atoms with E-state index in [1.807, 2.05) is 24.5 Å². The Morgan fingerprint density at radius 1 is 1.17 bits per heavy atom. The minimum atomic E-state index is 0.769. The number of likely N-dealkylation sites (tertiary alicyclic amines) is 1. The number of aromatic nitrogens is 6. The van der Waals surface area contributed by atoms with E-state index >= 15 is 0 Å². The Morgan fingerprint density at radius 2 is 2.03 bits per heavy atom. The lowest BCUT2D eigenvalue weighted by molar-refractivity contribution is 0.325. The zero-order chi connectivity index (χ0) is 20.5. The Balaban J connectivity index is 1.57. The number of allylic oxidation sites excluding steroid dienone is 2. The molecule has 1 aliphatic heterocycles. The highest BCUT2D eigenvalue weighted by molar-refractivity contribution is 5.94. The van der Waals surface area contributed by atoms with Crippen LogP contribution in [-0.2, 0) is 0 Å². The van der Waals surface area contributed by atoms with Gasteiger partial charge in [-0.25, -0.2) is 4.98 Å². The maximum Gasteiger partial charge on any atom is 0.159 e. The number of fused-ring (bicyclic) bond motifs is 1. The highest BCUT2D eigenvalue weighted by Crippen LogP contribution is 2.31. The van der Waals surface area contributed by atoms with E-state index in [-0.39, 0.29) is 0 Å². The van der Waals surface area contributed by atoms with Crippen molar-refractivity contribution in [2.45, 2.75) is 26.2 Å². The summed E-state index contributed by atoms with van der Waals surface area (Å²) in [5.74, 6) is 0.769. The van der Waals surface area contributed by atoms with Crippen molar-refractivity contribution >= 4 is 16.6 Å². The molecule has 4 aromatic rings. The Morgan fingerprint density at radius 3 is 2.80 bits per heavy atom. The summed E-state index contributed by atoms with van der Waals surface area (Å²) in [6.07, 6.45) is 11.3. The number of hydrogen-bond donors (Lipinski definition) is 3. The quantitative estimate of drug-likeness (QED) is 0.426. The number of piperidine rings is 1. The third-order valence-electron chi connectivity index (χ3n) is 5.72. The van der Waals surface area contributed by atoms with Crippen molar-refractivity contribution in [1.29, 1.82) is 0 Å². The zero-order valence-corrected chi connectivity index (χ0v) is 17.1. The van der Waals surface area contributed by atoms with E-state index in [9.17, 15) is 0 Å². The van der Waals surface area contributed by atoms with E-state index < -0.39 is 0 Å². The van der Waals surface area contributed by atoms with Gasteiger partial charge < -0.3 is 9.88 Å². The van der Waals surface area contributed by atoms with Gasteiger partial charge in [0.25, 0.3) is 0 Å². The number of imidazole rings is 1. The third kappa shape index (κ3) is 3.22. The molecule has 0 atom stereocenters. The average Bonchev–Trinajstić information content (AvgIpc) is 3.52. The molecule has 0 aliphatic carbocycles. The summed E-state index contributed by atoms with van der Waals surface area (Å²) < 4.78 is 0.